The first-order chi connectivity index (χ1) is 9.61. The van der Waals surface area contributed by atoms with E-state index in [1.807, 2.05) is 0 Å². The average Bonchev–Trinajstić information content (AvgIpc) is 2.41. The van der Waals surface area contributed by atoms with Crippen LogP contribution in [0.15, 0.2) is 24.3 Å². The second-order valence-electron chi connectivity index (χ2n) is 6.78. The minimum Gasteiger partial charge on any atom is -0.383 e. The first-order valence-electron chi connectivity index (χ1n) is 7.80. The van der Waals surface area contributed by atoms with Crippen molar-refractivity contribution >= 4 is 5.69 Å². The molecule has 2 aliphatic rings. The van der Waals surface area contributed by atoms with E-state index in [1.165, 1.54) is 43.5 Å². The van der Waals surface area contributed by atoms with Gasteiger partial charge in [0.2, 0.25) is 0 Å². The van der Waals surface area contributed by atoms with Gasteiger partial charge in [-0.15, -0.1) is 0 Å². The van der Waals surface area contributed by atoms with Crippen molar-refractivity contribution in [2.45, 2.75) is 37.3 Å². The molecular formula is C17H27N3. The molecule has 1 aliphatic heterocycles. The van der Waals surface area contributed by atoms with Gasteiger partial charge in [0, 0.05) is 30.4 Å². The summed E-state index contributed by atoms with van der Waals surface area (Å²) in [7, 11) is 6.77. The lowest BCUT2D eigenvalue weighted by molar-refractivity contribution is 0.0172. The Kier molecular flexibility index (Phi) is 3.74. The standard InChI is InChI=1S/C17H27N3/c1-19(2)17(9-6-10-17)13-20(3)15-11-14-7-4-5-8-16(14)18-12-15/h4-5,7-8,15,18H,6,9-13H2,1-3H3. The molecule has 1 saturated carbocycles. The van der Waals surface area contributed by atoms with E-state index in [9.17, 15) is 0 Å². The molecule has 1 heterocycles. The maximum atomic E-state index is 3.59. The second-order valence-corrected chi connectivity index (χ2v) is 6.78. The third-order valence-electron chi connectivity index (χ3n) is 5.40. The highest BCUT2D eigenvalue weighted by atomic mass is 15.2. The van der Waals surface area contributed by atoms with Gasteiger partial charge in [-0.05, 0) is 58.5 Å². The van der Waals surface area contributed by atoms with E-state index in [-0.39, 0.29) is 0 Å². The van der Waals surface area contributed by atoms with Crippen molar-refractivity contribution in [3.8, 4) is 0 Å². The highest BCUT2D eigenvalue weighted by Gasteiger charge is 2.41. The predicted octanol–water partition coefficient (Wildman–Crippen LogP) is 2.44. The number of hydrogen-bond donors (Lipinski definition) is 1. The van der Waals surface area contributed by atoms with Crippen molar-refractivity contribution < 1.29 is 0 Å². The average molecular weight is 273 g/mol. The number of benzene rings is 1. The zero-order chi connectivity index (χ0) is 14.2. The fourth-order valence-electron chi connectivity index (χ4n) is 3.66. The fraction of sp³-hybridized carbons (Fsp3) is 0.647. The molecule has 3 nitrogen and oxygen atoms in total. The number of hydrogen-bond acceptors (Lipinski definition) is 3. The third-order valence-corrected chi connectivity index (χ3v) is 5.40. The van der Waals surface area contributed by atoms with Crippen LogP contribution in [0.3, 0.4) is 0 Å². The number of rotatable bonds is 4. The number of fused-ring (bicyclic) bond motifs is 1. The van der Waals surface area contributed by atoms with Gasteiger partial charge in [0.25, 0.3) is 0 Å². The Hall–Kier alpha value is -1.06. The topological polar surface area (TPSA) is 18.5 Å². The van der Waals surface area contributed by atoms with E-state index >= 15 is 0 Å². The van der Waals surface area contributed by atoms with Gasteiger partial charge < -0.3 is 10.2 Å². The lowest BCUT2D eigenvalue weighted by Gasteiger charge is -2.50. The molecule has 110 valence electrons. The Morgan fingerprint density at radius 3 is 2.60 bits per heavy atom. The van der Waals surface area contributed by atoms with Gasteiger partial charge >= 0.3 is 0 Å². The highest BCUT2D eigenvalue weighted by Crippen LogP contribution is 2.37. The molecule has 0 aromatic heterocycles. The van der Waals surface area contributed by atoms with Gasteiger partial charge in [-0.25, -0.2) is 0 Å². The summed E-state index contributed by atoms with van der Waals surface area (Å²) in [4.78, 5) is 5.01. The summed E-state index contributed by atoms with van der Waals surface area (Å²) in [6.07, 6.45) is 5.25. The quantitative estimate of drug-likeness (QED) is 0.909. The van der Waals surface area contributed by atoms with Gasteiger partial charge in [-0.2, -0.15) is 0 Å². The molecule has 0 amide bonds. The Labute approximate surface area is 123 Å². The molecule has 1 aliphatic carbocycles. The summed E-state index contributed by atoms with van der Waals surface area (Å²) >= 11 is 0. The van der Waals surface area contributed by atoms with Crippen LogP contribution in [0, 0.1) is 0 Å². The molecule has 1 fully saturated rings. The molecule has 1 aromatic rings. The molecule has 1 aromatic carbocycles. The maximum absolute atomic E-state index is 3.59. The Bertz CT molecular complexity index is 465. The summed E-state index contributed by atoms with van der Waals surface area (Å²) in [6.45, 7) is 2.26. The van der Waals surface area contributed by atoms with Gasteiger partial charge in [0.1, 0.15) is 0 Å². The van der Waals surface area contributed by atoms with Crippen molar-refractivity contribution in [3.63, 3.8) is 0 Å². The molecule has 1 N–H and O–H groups in total. The van der Waals surface area contributed by atoms with Crippen molar-refractivity contribution in [1.82, 2.24) is 9.80 Å². The molecule has 1 atom stereocenters. The van der Waals surface area contributed by atoms with Gasteiger partial charge in [0.05, 0.1) is 0 Å². The molecule has 0 saturated heterocycles. The van der Waals surface area contributed by atoms with E-state index in [0.717, 1.165) is 6.54 Å². The monoisotopic (exact) mass is 273 g/mol. The van der Waals surface area contributed by atoms with E-state index in [2.05, 4.69) is 60.5 Å². The first-order valence-corrected chi connectivity index (χ1v) is 7.80. The number of para-hydroxylation sites is 1. The molecule has 3 heteroatoms. The largest absolute Gasteiger partial charge is 0.383 e. The van der Waals surface area contributed by atoms with Crippen molar-refractivity contribution in [1.29, 1.82) is 0 Å². The van der Waals surface area contributed by atoms with Crippen molar-refractivity contribution in [2.24, 2.45) is 0 Å². The van der Waals surface area contributed by atoms with Crippen LogP contribution in [0.2, 0.25) is 0 Å². The number of likely N-dealkylation sites (N-methyl/N-ethyl adjacent to an activating group) is 2. The van der Waals surface area contributed by atoms with E-state index in [1.54, 1.807) is 0 Å². The molecule has 3 rings (SSSR count). The summed E-state index contributed by atoms with van der Waals surface area (Å²) < 4.78 is 0. The van der Waals surface area contributed by atoms with Crippen LogP contribution in [0.25, 0.3) is 0 Å². The van der Waals surface area contributed by atoms with Gasteiger partial charge in [-0.3, -0.25) is 4.90 Å². The molecular weight excluding hydrogens is 246 g/mol. The van der Waals surface area contributed by atoms with Gasteiger partial charge in [0.15, 0.2) is 0 Å². The van der Waals surface area contributed by atoms with E-state index in [4.69, 9.17) is 0 Å². The Morgan fingerprint density at radius 2 is 1.95 bits per heavy atom. The second kappa shape index (κ2) is 5.38. The normalized spacial score (nSPS) is 24.1. The molecule has 1 unspecified atom stereocenters. The summed E-state index contributed by atoms with van der Waals surface area (Å²) in [5.74, 6) is 0. The van der Waals surface area contributed by atoms with E-state index < -0.39 is 0 Å². The van der Waals surface area contributed by atoms with Crippen LogP contribution in [-0.2, 0) is 6.42 Å². The molecule has 0 spiro atoms. The zero-order valence-electron chi connectivity index (χ0n) is 13.0. The lowest BCUT2D eigenvalue weighted by atomic mass is 9.75. The van der Waals surface area contributed by atoms with Crippen LogP contribution in [0.5, 0.6) is 0 Å². The van der Waals surface area contributed by atoms with Crippen molar-refractivity contribution in [2.75, 3.05) is 39.5 Å². The molecule has 0 radical (unpaired) electrons. The molecule has 0 bridgehead atoms. The minimum atomic E-state index is 0.422. The van der Waals surface area contributed by atoms with Crippen LogP contribution < -0.4 is 5.32 Å². The predicted molar refractivity (Wildman–Crippen MR) is 85.3 cm³/mol. The Balaban J connectivity index is 1.66. The van der Waals surface area contributed by atoms with Crippen molar-refractivity contribution in [3.05, 3.63) is 29.8 Å². The fourth-order valence-corrected chi connectivity index (χ4v) is 3.66. The number of anilines is 1. The summed E-state index contributed by atoms with van der Waals surface area (Å²) in [5.41, 5.74) is 3.21. The van der Waals surface area contributed by atoms with Gasteiger partial charge in [-0.1, -0.05) is 18.2 Å². The number of nitrogens with zero attached hydrogens (tertiary/aromatic N) is 2. The lowest BCUT2D eigenvalue weighted by Crippen LogP contribution is -2.59. The van der Waals surface area contributed by atoms with E-state index in [0.29, 0.717) is 11.6 Å². The smallest absolute Gasteiger partial charge is 0.0373 e. The SMILES string of the molecule is CN(CC1(N(C)C)CCC1)C1CNc2ccccc2C1. The maximum Gasteiger partial charge on any atom is 0.0373 e. The minimum absolute atomic E-state index is 0.422. The summed E-state index contributed by atoms with van der Waals surface area (Å²) in [6, 6.07) is 9.33. The van der Waals surface area contributed by atoms with Crippen LogP contribution >= 0.6 is 0 Å². The third kappa shape index (κ3) is 2.45. The Morgan fingerprint density at radius 1 is 1.20 bits per heavy atom. The van der Waals surface area contributed by atoms with Crippen LogP contribution in [-0.4, -0.2) is 55.6 Å². The number of nitrogens with one attached hydrogen (secondary N) is 1. The molecule has 20 heavy (non-hydrogen) atoms. The highest BCUT2D eigenvalue weighted by molar-refractivity contribution is 5.53. The zero-order valence-corrected chi connectivity index (χ0v) is 13.0. The van der Waals surface area contributed by atoms with Crippen LogP contribution in [0.4, 0.5) is 5.69 Å². The van der Waals surface area contributed by atoms with Crippen LogP contribution in [0.1, 0.15) is 24.8 Å². The first kappa shape index (κ1) is 13.9. The summed E-state index contributed by atoms with van der Waals surface area (Å²) in [5, 5.41) is 3.59.